The van der Waals surface area contributed by atoms with E-state index in [1.807, 2.05) is 6.20 Å². The van der Waals surface area contributed by atoms with Gasteiger partial charge in [0.05, 0.1) is 23.1 Å². The van der Waals surface area contributed by atoms with Crippen molar-refractivity contribution in [2.45, 2.75) is 59.3 Å². The van der Waals surface area contributed by atoms with Crippen molar-refractivity contribution in [1.82, 2.24) is 30.0 Å². The Bertz CT molecular complexity index is 990. The number of nitrogens with zero attached hydrogens (tertiary/aromatic N) is 4. The predicted octanol–water partition coefficient (Wildman–Crippen LogP) is 3.54. The first kappa shape index (κ1) is 17.9. The average Bonchev–Trinajstić information content (AvgIpc) is 3.38. The van der Waals surface area contributed by atoms with Gasteiger partial charge in [0.1, 0.15) is 5.82 Å². The van der Waals surface area contributed by atoms with Crippen LogP contribution in [0.4, 0.5) is 0 Å². The van der Waals surface area contributed by atoms with Crippen LogP contribution in [0.1, 0.15) is 45.0 Å². The summed E-state index contributed by atoms with van der Waals surface area (Å²) in [6.07, 6.45) is 4.38. The van der Waals surface area contributed by atoms with Crippen LogP contribution in [0.15, 0.2) is 24.4 Å². The summed E-state index contributed by atoms with van der Waals surface area (Å²) in [4.78, 5) is 7.66. The van der Waals surface area contributed by atoms with Crippen LogP contribution < -0.4 is 5.32 Å². The minimum Gasteiger partial charge on any atom is -0.326 e. The van der Waals surface area contributed by atoms with E-state index in [4.69, 9.17) is 4.98 Å². The molecule has 5 rings (SSSR count). The normalized spacial score (nSPS) is 19.6. The number of rotatable bonds is 4. The Morgan fingerprint density at radius 1 is 1.18 bits per heavy atom. The lowest BCUT2D eigenvalue weighted by molar-refractivity contribution is 0.0821. The van der Waals surface area contributed by atoms with Crippen molar-refractivity contribution in [3.8, 4) is 11.4 Å². The molecule has 4 heterocycles. The molecule has 6 heteroatoms. The number of imidazole rings is 1. The van der Waals surface area contributed by atoms with Crippen molar-refractivity contribution < 1.29 is 0 Å². The first-order valence-electron chi connectivity index (χ1n) is 10.5. The quantitative estimate of drug-likeness (QED) is 0.729. The molecule has 0 radical (unpaired) electrons. The molecule has 0 saturated carbocycles. The maximum absolute atomic E-state index is 5.05. The van der Waals surface area contributed by atoms with Gasteiger partial charge < -0.3 is 14.8 Å². The van der Waals surface area contributed by atoms with E-state index in [0.717, 1.165) is 36.4 Å². The van der Waals surface area contributed by atoms with Gasteiger partial charge in [0, 0.05) is 36.6 Å². The molecule has 0 unspecified atom stereocenters. The molecule has 3 aromatic rings. The molecule has 1 aromatic carbocycles. The summed E-state index contributed by atoms with van der Waals surface area (Å²) in [6, 6.07) is 7.14. The van der Waals surface area contributed by atoms with Gasteiger partial charge in [0.15, 0.2) is 0 Å². The number of aromatic nitrogens is 4. The number of fused-ring (bicyclic) bond motifs is 2. The SMILES string of the molecule is CC(C)N1CCC(C)(Cn2c(-c3ccc4[nH]ncc4c3)nc3c2CNC3)CC1. The molecule has 1 fully saturated rings. The highest BCUT2D eigenvalue weighted by Crippen LogP contribution is 2.37. The molecule has 2 aromatic heterocycles. The number of likely N-dealkylation sites (tertiary alicyclic amines) is 1. The van der Waals surface area contributed by atoms with Gasteiger partial charge in [-0.25, -0.2) is 4.98 Å². The third kappa shape index (κ3) is 3.05. The largest absolute Gasteiger partial charge is 0.326 e. The Labute approximate surface area is 166 Å². The fourth-order valence-electron chi connectivity index (χ4n) is 4.77. The summed E-state index contributed by atoms with van der Waals surface area (Å²) < 4.78 is 2.50. The number of hydrogen-bond acceptors (Lipinski definition) is 4. The number of nitrogens with one attached hydrogen (secondary N) is 2. The van der Waals surface area contributed by atoms with Gasteiger partial charge in [-0.1, -0.05) is 6.92 Å². The molecule has 1 saturated heterocycles. The van der Waals surface area contributed by atoms with Crippen molar-refractivity contribution in [2.75, 3.05) is 13.1 Å². The monoisotopic (exact) mass is 378 g/mol. The van der Waals surface area contributed by atoms with E-state index in [1.54, 1.807) is 0 Å². The molecule has 0 bridgehead atoms. The van der Waals surface area contributed by atoms with Gasteiger partial charge in [-0.2, -0.15) is 5.10 Å². The topological polar surface area (TPSA) is 61.8 Å². The molecule has 2 N–H and O–H groups in total. The van der Waals surface area contributed by atoms with Gasteiger partial charge >= 0.3 is 0 Å². The first-order chi connectivity index (χ1) is 13.5. The van der Waals surface area contributed by atoms with E-state index in [2.05, 4.69) is 64.0 Å². The summed E-state index contributed by atoms with van der Waals surface area (Å²) >= 11 is 0. The number of hydrogen-bond donors (Lipinski definition) is 2. The highest BCUT2D eigenvalue weighted by Gasteiger charge is 2.34. The Morgan fingerprint density at radius 2 is 2.00 bits per heavy atom. The predicted molar refractivity (Wildman–Crippen MR) is 112 cm³/mol. The fraction of sp³-hybridized carbons (Fsp3) is 0.545. The molecule has 0 aliphatic carbocycles. The van der Waals surface area contributed by atoms with Crippen LogP contribution in [0.3, 0.4) is 0 Å². The number of piperidine rings is 1. The molecule has 148 valence electrons. The molecular formula is C22H30N6. The zero-order valence-corrected chi connectivity index (χ0v) is 17.1. The second-order valence-electron chi connectivity index (χ2n) is 9.13. The van der Waals surface area contributed by atoms with Crippen molar-refractivity contribution >= 4 is 10.9 Å². The molecular weight excluding hydrogens is 348 g/mol. The minimum atomic E-state index is 0.316. The third-order valence-electron chi connectivity index (χ3n) is 6.71. The second-order valence-corrected chi connectivity index (χ2v) is 9.13. The number of aromatic amines is 1. The van der Waals surface area contributed by atoms with Gasteiger partial charge in [-0.05, 0) is 63.4 Å². The maximum Gasteiger partial charge on any atom is 0.140 e. The molecule has 6 nitrogen and oxygen atoms in total. The van der Waals surface area contributed by atoms with Crippen LogP contribution in [-0.4, -0.2) is 43.8 Å². The smallest absolute Gasteiger partial charge is 0.140 e. The molecule has 0 atom stereocenters. The van der Waals surface area contributed by atoms with E-state index >= 15 is 0 Å². The highest BCUT2D eigenvalue weighted by molar-refractivity contribution is 5.82. The molecule has 2 aliphatic rings. The van der Waals surface area contributed by atoms with E-state index in [-0.39, 0.29) is 0 Å². The third-order valence-corrected chi connectivity index (χ3v) is 6.71. The standard InChI is InChI=1S/C22H30N6/c1-15(2)27-8-6-22(3,7-9-27)14-28-20-13-23-12-19(20)25-21(28)16-4-5-18-17(10-16)11-24-26-18/h4-5,10-11,15,23H,6-9,12-14H2,1-3H3,(H,24,26). The van der Waals surface area contributed by atoms with Crippen LogP contribution >= 0.6 is 0 Å². The van der Waals surface area contributed by atoms with Crippen LogP contribution in [0.25, 0.3) is 22.3 Å². The van der Waals surface area contributed by atoms with E-state index in [1.165, 1.54) is 42.9 Å². The molecule has 2 aliphatic heterocycles. The van der Waals surface area contributed by atoms with Crippen molar-refractivity contribution in [2.24, 2.45) is 5.41 Å². The summed E-state index contributed by atoms with van der Waals surface area (Å²) in [7, 11) is 0. The Kier molecular flexibility index (Phi) is 4.29. The maximum atomic E-state index is 5.05. The minimum absolute atomic E-state index is 0.316. The van der Waals surface area contributed by atoms with Crippen LogP contribution in [0, 0.1) is 5.41 Å². The Hall–Kier alpha value is -2.18. The van der Waals surface area contributed by atoms with Crippen LogP contribution in [0.2, 0.25) is 0 Å². The van der Waals surface area contributed by atoms with Gasteiger partial charge in [0.25, 0.3) is 0 Å². The average molecular weight is 379 g/mol. The van der Waals surface area contributed by atoms with Crippen LogP contribution in [0.5, 0.6) is 0 Å². The van der Waals surface area contributed by atoms with Gasteiger partial charge in [0.2, 0.25) is 0 Å². The lowest BCUT2D eigenvalue weighted by Crippen LogP contribution is -2.43. The lowest BCUT2D eigenvalue weighted by Gasteiger charge is -2.41. The van der Waals surface area contributed by atoms with Gasteiger partial charge in [-0.3, -0.25) is 5.10 Å². The fourth-order valence-corrected chi connectivity index (χ4v) is 4.77. The molecule has 28 heavy (non-hydrogen) atoms. The first-order valence-corrected chi connectivity index (χ1v) is 10.5. The highest BCUT2D eigenvalue weighted by atomic mass is 15.2. The summed E-state index contributed by atoms with van der Waals surface area (Å²) in [6.45, 7) is 12.3. The van der Waals surface area contributed by atoms with E-state index in [9.17, 15) is 0 Å². The van der Waals surface area contributed by atoms with Crippen LogP contribution in [-0.2, 0) is 19.6 Å². The number of benzene rings is 1. The summed E-state index contributed by atoms with van der Waals surface area (Å²) in [5.74, 6) is 1.11. The van der Waals surface area contributed by atoms with E-state index < -0.39 is 0 Å². The van der Waals surface area contributed by atoms with Gasteiger partial charge in [-0.15, -0.1) is 0 Å². The summed E-state index contributed by atoms with van der Waals surface area (Å²) in [5, 5.41) is 11.8. The zero-order valence-electron chi connectivity index (χ0n) is 17.1. The second kappa shape index (κ2) is 6.71. The number of H-pyrrole nitrogens is 1. The van der Waals surface area contributed by atoms with Crippen molar-refractivity contribution in [3.63, 3.8) is 0 Å². The Morgan fingerprint density at radius 3 is 2.79 bits per heavy atom. The van der Waals surface area contributed by atoms with E-state index in [0.29, 0.717) is 11.5 Å². The zero-order chi connectivity index (χ0) is 19.3. The van der Waals surface area contributed by atoms with Crippen molar-refractivity contribution in [3.05, 3.63) is 35.8 Å². The Balaban J connectivity index is 1.49. The van der Waals surface area contributed by atoms with Crippen molar-refractivity contribution in [1.29, 1.82) is 0 Å². The molecule has 0 spiro atoms. The lowest BCUT2D eigenvalue weighted by atomic mass is 9.79. The molecule has 0 amide bonds. The summed E-state index contributed by atoms with van der Waals surface area (Å²) in [5.41, 5.74) is 5.16.